The second-order valence-corrected chi connectivity index (χ2v) is 7.50. The molecule has 3 rings (SSSR count). The van der Waals surface area contributed by atoms with Crippen molar-refractivity contribution >= 4 is 17.5 Å². The molecule has 1 aromatic rings. The molecule has 1 aromatic carbocycles. The monoisotopic (exact) mass is 343 g/mol. The summed E-state index contributed by atoms with van der Waals surface area (Å²) in [5.74, 6) is -0.113. The maximum absolute atomic E-state index is 12.7. The van der Waals surface area contributed by atoms with E-state index < -0.39 is 0 Å². The third kappa shape index (κ3) is 3.80. The summed E-state index contributed by atoms with van der Waals surface area (Å²) in [6.07, 6.45) is 5.36. The molecule has 0 spiro atoms. The number of nitrogens with zero attached hydrogens (tertiary/aromatic N) is 1. The number of nitrogens with two attached hydrogens (primary N) is 1. The Bertz CT molecular complexity index is 658. The molecule has 25 heavy (non-hydrogen) atoms. The molecule has 3 atom stereocenters. The minimum Gasteiger partial charge on any atom is -0.399 e. The zero-order valence-corrected chi connectivity index (χ0v) is 15.3. The van der Waals surface area contributed by atoms with Crippen LogP contribution in [0.4, 0.5) is 5.69 Å². The summed E-state index contributed by atoms with van der Waals surface area (Å²) < 4.78 is 0. The highest BCUT2D eigenvalue weighted by Gasteiger charge is 2.37. The fourth-order valence-electron chi connectivity index (χ4n) is 4.18. The minimum absolute atomic E-state index is 0.00854. The lowest BCUT2D eigenvalue weighted by Gasteiger charge is -2.28. The fourth-order valence-corrected chi connectivity index (χ4v) is 4.18. The first-order valence-corrected chi connectivity index (χ1v) is 9.47. The molecule has 1 aliphatic carbocycles. The van der Waals surface area contributed by atoms with Crippen LogP contribution in [0, 0.1) is 5.92 Å². The molecule has 0 radical (unpaired) electrons. The topological polar surface area (TPSA) is 75.4 Å². The number of hydrogen-bond donors (Lipinski definition) is 2. The Hall–Kier alpha value is -2.04. The van der Waals surface area contributed by atoms with Gasteiger partial charge >= 0.3 is 0 Å². The van der Waals surface area contributed by atoms with Gasteiger partial charge in [0, 0.05) is 24.7 Å². The Kier molecular flexibility index (Phi) is 5.30. The number of fused-ring (bicyclic) bond motifs is 1. The number of carbonyl (C=O) groups is 2. The number of amides is 2. The van der Waals surface area contributed by atoms with Crippen LogP contribution in [-0.2, 0) is 16.0 Å². The predicted molar refractivity (Wildman–Crippen MR) is 98.9 cm³/mol. The standard InChI is InChI=1S/C20H29N3O2/c1-3-5-13(2)23-12-15(11-19(23)24)20(25)22-18-7-4-6-14-10-16(21)8-9-17(14)18/h8-10,13,15,18H,3-7,11-12,21H2,1-2H3,(H,22,25). The molecule has 2 amide bonds. The van der Waals surface area contributed by atoms with Crippen molar-refractivity contribution in [2.24, 2.45) is 5.92 Å². The zero-order valence-electron chi connectivity index (χ0n) is 15.3. The van der Waals surface area contributed by atoms with Crippen molar-refractivity contribution in [1.82, 2.24) is 10.2 Å². The van der Waals surface area contributed by atoms with Gasteiger partial charge < -0.3 is 16.0 Å². The largest absolute Gasteiger partial charge is 0.399 e. The number of nitrogen functional groups attached to an aromatic ring is 1. The van der Waals surface area contributed by atoms with Gasteiger partial charge in [-0.25, -0.2) is 0 Å². The number of likely N-dealkylation sites (tertiary alicyclic amines) is 1. The van der Waals surface area contributed by atoms with Crippen LogP contribution in [0.15, 0.2) is 18.2 Å². The molecule has 1 heterocycles. The van der Waals surface area contributed by atoms with Crippen molar-refractivity contribution in [3.05, 3.63) is 29.3 Å². The Morgan fingerprint density at radius 3 is 3.00 bits per heavy atom. The Morgan fingerprint density at radius 2 is 2.24 bits per heavy atom. The quantitative estimate of drug-likeness (QED) is 0.807. The molecule has 136 valence electrons. The van der Waals surface area contributed by atoms with E-state index in [1.165, 1.54) is 11.1 Å². The molecular formula is C20H29N3O2. The SMILES string of the molecule is CCCC(C)N1CC(C(=O)NC2CCCc3cc(N)ccc32)CC1=O. The van der Waals surface area contributed by atoms with Crippen molar-refractivity contribution in [3.63, 3.8) is 0 Å². The van der Waals surface area contributed by atoms with E-state index in [1.807, 2.05) is 23.1 Å². The first-order valence-electron chi connectivity index (χ1n) is 9.47. The Labute approximate surface area is 150 Å². The summed E-state index contributed by atoms with van der Waals surface area (Å²) in [6, 6.07) is 6.20. The van der Waals surface area contributed by atoms with Crippen LogP contribution >= 0.6 is 0 Å². The lowest BCUT2D eigenvalue weighted by atomic mass is 9.87. The van der Waals surface area contributed by atoms with Crippen LogP contribution in [0.2, 0.25) is 0 Å². The smallest absolute Gasteiger partial charge is 0.225 e. The number of nitrogens with one attached hydrogen (secondary N) is 1. The van der Waals surface area contributed by atoms with Gasteiger partial charge in [-0.2, -0.15) is 0 Å². The number of hydrogen-bond acceptors (Lipinski definition) is 3. The van der Waals surface area contributed by atoms with E-state index in [0.29, 0.717) is 13.0 Å². The van der Waals surface area contributed by atoms with E-state index in [1.54, 1.807) is 0 Å². The Balaban J connectivity index is 1.65. The lowest BCUT2D eigenvalue weighted by molar-refractivity contribution is -0.130. The maximum atomic E-state index is 12.7. The predicted octanol–water partition coefficient (Wildman–Crippen LogP) is 2.80. The summed E-state index contributed by atoms with van der Waals surface area (Å²) >= 11 is 0. The third-order valence-electron chi connectivity index (χ3n) is 5.57. The molecule has 3 N–H and O–H groups in total. The van der Waals surface area contributed by atoms with Crippen molar-refractivity contribution in [3.8, 4) is 0 Å². The van der Waals surface area contributed by atoms with Gasteiger partial charge in [0.1, 0.15) is 0 Å². The van der Waals surface area contributed by atoms with Gasteiger partial charge in [0.05, 0.1) is 12.0 Å². The number of rotatable bonds is 5. The molecule has 5 heteroatoms. The van der Waals surface area contributed by atoms with E-state index >= 15 is 0 Å². The van der Waals surface area contributed by atoms with Gasteiger partial charge in [0.25, 0.3) is 0 Å². The maximum Gasteiger partial charge on any atom is 0.225 e. The van der Waals surface area contributed by atoms with E-state index in [-0.39, 0.29) is 29.8 Å². The highest BCUT2D eigenvalue weighted by molar-refractivity contribution is 5.89. The first-order chi connectivity index (χ1) is 12.0. The third-order valence-corrected chi connectivity index (χ3v) is 5.57. The van der Waals surface area contributed by atoms with Gasteiger partial charge in [0.2, 0.25) is 11.8 Å². The van der Waals surface area contributed by atoms with Crippen molar-refractivity contribution < 1.29 is 9.59 Å². The number of benzene rings is 1. The van der Waals surface area contributed by atoms with Crippen molar-refractivity contribution in [2.45, 2.75) is 64.5 Å². The lowest BCUT2D eigenvalue weighted by Crippen LogP contribution is -2.38. The number of carbonyl (C=O) groups excluding carboxylic acids is 2. The van der Waals surface area contributed by atoms with Crippen LogP contribution in [0.3, 0.4) is 0 Å². The molecule has 1 aliphatic heterocycles. The summed E-state index contributed by atoms with van der Waals surface area (Å²) in [7, 11) is 0. The van der Waals surface area contributed by atoms with E-state index in [9.17, 15) is 9.59 Å². The average molecular weight is 343 g/mol. The van der Waals surface area contributed by atoms with Crippen LogP contribution in [0.25, 0.3) is 0 Å². The molecule has 0 bridgehead atoms. The molecule has 0 aromatic heterocycles. The second kappa shape index (κ2) is 7.46. The second-order valence-electron chi connectivity index (χ2n) is 7.50. The highest BCUT2D eigenvalue weighted by Crippen LogP contribution is 2.32. The van der Waals surface area contributed by atoms with Crippen molar-refractivity contribution in [1.29, 1.82) is 0 Å². The fraction of sp³-hybridized carbons (Fsp3) is 0.600. The van der Waals surface area contributed by atoms with Crippen molar-refractivity contribution in [2.75, 3.05) is 12.3 Å². The first kappa shape index (κ1) is 17.8. The van der Waals surface area contributed by atoms with E-state index in [4.69, 9.17) is 5.73 Å². The Morgan fingerprint density at radius 1 is 1.44 bits per heavy atom. The highest BCUT2D eigenvalue weighted by atomic mass is 16.2. The van der Waals surface area contributed by atoms with Gasteiger partial charge in [-0.05, 0) is 55.9 Å². The molecule has 0 saturated carbocycles. The van der Waals surface area contributed by atoms with Gasteiger partial charge in [-0.15, -0.1) is 0 Å². The zero-order chi connectivity index (χ0) is 18.0. The number of aryl methyl sites for hydroxylation is 1. The van der Waals surface area contributed by atoms with Gasteiger partial charge in [-0.3, -0.25) is 9.59 Å². The molecule has 2 aliphatic rings. The van der Waals surface area contributed by atoms with E-state index in [2.05, 4.69) is 19.2 Å². The average Bonchev–Trinajstić information content (AvgIpc) is 2.97. The van der Waals surface area contributed by atoms with Gasteiger partial charge in [0.15, 0.2) is 0 Å². The molecule has 3 unspecified atom stereocenters. The molecule has 1 saturated heterocycles. The summed E-state index contributed by atoms with van der Waals surface area (Å²) in [6.45, 7) is 4.74. The summed E-state index contributed by atoms with van der Waals surface area (Å²) in [5.41, 5.74) is 9.06. The van der Waals surface area contributed by atoms with Crippen LogP contribution < -0.4 is 11.1 Å². The van der Waals surface area contributed by atoms with Gasteiger partial charge in [-0.1, -0.05) is 19.4 Å². The molecule has 5 nitrogen and oxygen atoms in total. The van der Waals surface area contributed by atoms with E-state index in [0.717, 1.165) is 37.8 Å². The molecule has 1 fully saturated rings. The van der Waals surface area contributed by atoms with Crippen LogP contribution in [0.1, 0.15) is 63.1 Å². The normalized spacial score (nSPS) is 24.1. The summed E-state index contributed by atoms with van der Waals surface area (Å²) in [4.78, 5) is 26.9. The minimum atomic E-state index is -0.231. The van der Waals surface area contributed by atoms with Crippen LogP contribution in [0.5, 0.6) is 0 Å². The van der Waals surface area contributed by atoms with Crippen LogP contribution in [-0.4, -0.2) is 29.3 Å². The number of anilines is 1. The summed E-state index contributed by atoms with van der Waals surface area (Å²) in [5, 5.41) is 3.19. The molecular weight excluding hydrogens is 314 g/mol.